The third-order valence-electron chi connectivity index (χ3n) is 3.08. The number of hydrogen-bond acceptors (Lipinski definition) is 3. The van der Waals surface area contributed by atoms with Crippen LogP contribution in [0.3, 0.4) is 0 Å². The van der Waals surface area contributed by atoms with Gasteiger partial charge in [-0.25, -0.2) is 4.68 Å². The van der Waals surface area contributed by atoms with Crippen molar-refractivity contribution in [3.05, 3.63) is 62.0 Å². The van der Waals surface area contributed by atoms with E-state index >= 15 is 0 Å². The number of nitrogens with zero attached hydrogens (tertiary/aromatic N) is 2. The summed E-state index contributed by atoms with van der Waals surface area (Å²) in [5.74, 6) is 0. The van der Waals surface area contributed by atoms with Crippen molar-refractivity contribution in [1.82, 2.24) is 9.78 Å². The third kappa shape index (κ3) is 3.15. The molecule has 3 rings (SSSR count). The SMILES string of the molecule is Cc1sc(CNc2cccc(Cl)c2-n2cccn2)cc1Br. The molecule has 2 aromatic heterocycles. The maximum absolute atomic E-state index is 6.33. The molecule has 0 saturated carbocycles. The number of anilines is 1. The van der Waals surface area contributed by atoms with Crippen molar-refractivity contribution >= 4 is 44.6 Å². The fourth-order valence-corrected chi connectivity index (χ4v) is 3.88. The molecule has 0 amide bonds. The van der Waals surface area contributed by atoms with Crippen LogP contribution in [-0.2, 0) is 6.54 Å². The third-order valence-corrected chi connectivity index (χ3v) is 5.52. The summed E-state index contributed by atoms with van der Waals surface area (Å²) < 4.78 is 2.93. The number of aromatic nitrogens is 2. The Balaban J connectivity index is 1.87. The fraction of sp³-hybridized carbons (Fsp3) is 0.133. The smallest absolute Gasteiger partial charge is 0.106 e. The van der Waals surface area contributed by atoms with Crippen molar-refractivity contribution < 1.29 is 0 Å². The maximum atomic E-state index is 6.33. The fourth-order valence-electron chi connectivity index (χ4n) is 2.08. The van der Waals surface area contributed by atoms with Crippen molar-refractivity contribution in [3.63, 3.8) is 0 Å². The normalized spacial score (nSPS) is 10.8. The van der Waals surface area contributed by atoms with Gasteiger partial charge >= 0.3 is 0 Å². The first-order chi connectivity index (χ1) is 10.1. The van der Waals surface area contributed by atoms with E-state index in [-0.39, 0.29) is 0 Å². The molecule has 3 nitrogen and oxygen atoms in total. The summed E-state index contributed by atoms with van der Waals surface area (Å²) in [5.41, 5.74) is 1.84. The number of halogens is 2. The Labute approximate surface area is 140 Å². The largest absolute Gasteiger partial charge is 0.378 e. The van der Waals surface area contributed by atoms with Crippen LogP contribution in [0.5, 0.6) is 0 Å². The molecule has 0 saturated heterocycles. The van der Waals surface area contributed by atoms with E-state index in [1.54, 1.807) is 22.2 Å². The zero-order chi connectivity index (χ0) is 14.8. The van der Waals surface area contributed by atoms with Gasteiger partial charge in [0.05, 0.1) is 10.7 Å². The molecule has 0 aliphatic heterocycles. The molecule has 0 aliphatic carbocycles. The Hall–Kier alpha value is -1.30. The highest BCUT2D eigenvalue weighted by molar-refractivity contribution is 9.10. The number of rotatable bonds is 4. The molecular weight excluding hydrogens is 370 g/mol. The van der Waals surface area contributed by atoms with Crippen LogP contribution in [0.15, 0.2) is 47.2 Å². The molecule has 3 aromatic rings. The monoisotopic (exact) mass is 381 g/mol. The van der Waals surface area contributed by atoms with Gasteiger partial charge in [-0.05, 0) is 47.1 Å². The van der Waals surface area contributed by atoms with Gasteiger partial charge in [0.25, 0.3) is 0 Å². The summed E-state index contributed by atoms with van der Waals surface area (Å²) in [6.07, 6.45) is 3.63. The first kappa shape index (κ1) is 14.6. The summed E-state index contributed by atoms with van der Waals surface area (Å²) >= 11 is 11.6. The second kappa shape index (κ2) is 6.22. The summed E-state index contributed by atoms with van der Waals surface area (Å²) in [7, 11) is 0. The molecule has 0 aliphatic rings. The van der Waals surface area contributed by atoms with Gasteiger partial charge in [0.1, 0.15) is 5.69 Å². The highest BCUT2D eigenvalue weighted by atomic mass is 79.9. The molecule has 21 heavy (non-hydrogen) atoms. The molecule has 0 fully saturated rings. The Morgan fingerprint density at radius 3 is 2.90 bits per heavy atom. The van der Waals surface area contributed by atoms with Gasteiger partial charge in [0.2, 0.25) is 0 Å². The van der Waals surface area contributed by atoms with Gasteiger partial charge in [0, 0.05) is 33.2 Å². The van der Waals surface area contributed by atoms with E-state index in [4.69, 9.17) is 11.6 Å². The summed E-state index contributed by atoms with van der Waals surface area (Å²) in [6, 6.07) is 9.85. The van der Waals surface area contributed by atoms with Crippen molar-refractivity contribution in [2.24, 2.45) is 0 Å². The number of hydrogen-bond donors (Lipinski definition) is 1. The molecule has 1 N–H and O–H groups in total. The van der Waals surface area contributed by atoms with E-state index < -0.39 is 0 Å². The summed E-state index contributed by atoms with van der Waals surface area (Å²) in [5, 5.41) is 8.39. The molecule has 0 spiro atoms. The lowest BCUT2D eigenvalue weighted by atomic mass is 10.2. The highest BCUT2D eigenvalue weighted by Gasteiger charge is 2.10. The highest BCUT2D eigenvalue weighted by Crippen LogP contribution is 2.30. The van der Waals surface area contributed by atoms with Crippen molar-refractivity contribution in [2.45, 2.75) is 13.5 Å². The Kier molecular flexibility index (Phi) is 4.33. The first-order valence-electron chi connectivity index (χ1n) is 6.42. The summed E-state index contributed by atoms with van der Waals surface area (Å²) in [4.78, 5) is 2.55. The topological polar surface area (TPSA) is 29.9 Å². The lowest BCUT2D eigenvalue weighted by Gasteiger charge is -2.13. The molecule has 2 heterocycles. The second-order valence-electron chi connectivity index (χ2n) is 4.56. The minimum absolute atomic E-state index is 0.673. The predicted molar refractivity (Wildman–Crippen MR) is 92.7 cm³/mol. The van der Waals surface area contributed by atoms with Crippen LogP contribution >= 0.6 is 38.9 Å². The van der Waals surface area contributed by atoms with E-state index in [1.165, 1.54) is 9.75 Å². The zero-order valence-electron chi connectivity index (χ0n) is 11.3. The van der Waals surface area contributed by atoms with Crippen LogP contribution in [0.2, 0.25) is 5.02 Å². The molecule has 108 valence electrons. The van der Waals surface area contributed by atoms with Gasteiger partial charge in [-0.15, -0.1) is 11.3 Å². The van der Waals surface area contributed by atoms with Crippen LogP contribution in [0.1, 0.15) is 9.75 Å². The maximum Gasteiger partial charge on any atom is 0.106 e. The van der Waals surface area contributed by atoms with Gasteiger partial charge in [-0.1, -0.05) is 17.7 Å². The minimum atomic E-state index is 0.673. The van der Waals surface area contributed by atoms with Crippen LogP contribution < -0.4 is 5.32 Å². The van der Waals surface area contributed by atoms with Crippen LogP contribution in [0, 0.1) is 6.92 Å². The number of thiophene rings is 1. The number of para-hydroxylation sites is 1. The quantitative estimate of drug-likeness (QED) is 0.666. The summed E-state index contributed by atoms with van der Waals surface area (Å²) in [6.45, 7) is 2.86. The Bertz CT molecular complexity index is 733. The molecule has 6 heteroatoms. The van der Waals surface area contributed by atoms with Crippen molar-refractivity contribution in [3.8, 4) is 5.69 Å². The predicted octanol–water partition coefficient (Wildman–Crippen LogP) is 5.27. The van der Waals surface area contributed by atoms with E-state index in [9.17, 15) is 0 Å². The van der Waals surface area contributed by atoms with Gasteiger partial charge < -0.3 is 5.32 Å². The Morgan fingerprint density at radius 1 is 1.38 bits per heavy atom. The van der Waals surface area contributed by atoms with E-state index in [2.05, 4.69) is 39.3 Å². The molecule has 1 aromatic carbocycles. The number of aryl methyl sites for hydroxylation is 1. The zero-order valence-corrected chi connectivity index (χ0v) is 14.5. The van der Waals surface area contributed by atoms with Gasteiger partial charge in [-0.3, -0.25) is 0 Å². The molecule has 0 unspecified atom stereocenters. The molecule has 0 atom stereocenters. The van der Waals surface area contributed by atoms with Gasteiger partial charge in [0.15, 0.2) is 0 Å². The second-order valence-corrected chi connectivity index (χ2v) is 7.16. The lowest BCUT2D eigenvalue weighted by molar-refractivity contribution is 0.880. The number of benzene rings is 1. The van der Waals surface area contributed by atoms with Gasteiger partial charge in [-0.2, -0.15) is 5.10 Å². The molecule has 0 bridgehead atoms. The van der Waals surface area contributed by atoms with E-state index in [1.807, 2.05) is 30.5 Å². The first-order valence-corrected chi connectivity index (χ1v) is 8.41. The van der Waals surface area contributed by atoms with Crippen LogP contribution in [-0.4, -0.2) is 9.78 Å². The average Bonchev–Trinajstić information content (AvgIpc) is 3.07. The van der Waals surface area contributed by atoms with Crippen molar-refractivity contribution in [1.29, 1.82) is 0 Å². The lowest BCUT2D eigenvalue weighted by Crippen LogP contribution is -2.04. The minimum Gasteiger partial charge on any atom is -0.378 e. The van der Waals surface area contributed by atoms with E-state index in [0.29, 0.717) is 5.02 Å². The van der Waals surface area contributed by atoms with E-state index in [0.717, 1.165) is 22.4 Å². The van der Waals surface area contributed by atoms with Crippen LogP contribution in [0.4, 0.5) is 5.69 Å². The van der Waals surface area contributed by atoms with Crippen molar-refractivity contribution in [2.75, 3.05) is 5.32 Å². The number of nitrogens with one attached hydrogen (secondary N) is 1. The average molecular weight is 383 g/mol. The standard InChI is InChI=1S/C15H13BrClN3S/c1-10-12(16)8-11(21-10)9-18-14-5-2-4-13(17)15(14)20-7-3-6-19-20/h2-8,18H,9H2,1H3. The molecular formula is C15H13BrClN3S. The molecule has 0 radical (unpaired) electrons. The van der Waals surface area contributed by atoms with Crippen LogP contribution in [0.25, 0.3) is 5.69 Å². The Morgan fingerprint density at radius 2 is 2.24 bits per heavy atom.